The summed E-state index contributed by atoms with van der Waals surface area (Å²) < 4.78 is 0. The Bertz CT molecular complexity index is 1430. The van der Waals surface area contributed by atoms with E-state index in [0.29, 0.717) is 28.9 Å². The average molecular weight is 726 g/mol. The molecule has 3 rings (SSSR count). The number of rotatable bonds is 27. The van der Waals surface area contributed by atoms with Crippen molar-refractivity contribution >= 4 is 28.7 Å². The Morgan fingerprint density at radius 1 is 0.566 bits per heavy atom. The van der Waals surface area contributed by atoms with Crippen LogP contribution in [0.25, 0.3) is 17.2 Å². The molecule has 4 atom stereocenters. The Hall–Kier alpha value is -2.81. The van der Waals surface area contributed by atoms with E-state index in [-0.39, 0.29) is 11.5 Å². The van der Waals surface area contributed by atoms with Gasteiger partial charge in [0.15, 0.2) is 0 Å². The van der Waals surface area contributed by atoms with Gasteiger partial charge >= 0.3 is 0 Å². The number of aliphatic hydroxyl groups excluding tert-OH is 1. The lowest BCUT2D eigenvalue weighted by atomic mass is 9.81. The number of allylic oxidation sites excluding steroid dienone is 2. The molecule has 296 valence electrons. The molecule has 3 nitrogen and oxygen atoms in total. The van der Waals surface area contributed by atoms with Crippen molar-refractivity contribution in [3.63, 3.8) is 0 Å². The van der Waals surface area contributed by atoms with E-state index < -0.39 is 0 Å². The molecule has 1 aliphatic rings. The maximum absolute atomic E-state index is 13.6. The molecule has 1 aliphatic carbocycles. The Kier molecular flexibility index (Phi) is 20.7. The summed E-state index contributed by atoms with van der Waals surface area (Å²) in [5, 5.41) is 13.3. The van der Waals surface area contributed by atoms with Crippen molar-refractivity contribution in [1.29, 1.82) is 0 Å². The number of nitrogens with zero attached hydrogens (tertiary/aromatic N) is 1. The maximum atomic E-state index is 13.6. The Morgan fingerprint density at radius 3 is 1.40 bits per heavy atom. The van der Waals surface area contributed by atoms with E-state index >= 15 is 0 Å². The van der Waals surface area contributed by atoms with E-state index in [4.69, 9.17) is 0 Å². The fraction of sp³-hybridized carbons (Fsp3) is 0.660. The number of carbonyl (C=O) groups is 1. The van der Waals surface area contributed by atoms with Gasteiger partial charge in [0.05, 0.1) is 11.1 Å². The molecule has 0 saturated carbocycles. The lowest BCUT2D eigenvalue weighted by Crippen LogP contribution is -2.34. The normalized spacial score (nSPS) is 15.9. The van der Waals surface area contributed by atoms with E-state index in [1.807, 2.05) is 12.1 Å². The van der Waals surface area contributed by atoms with Gasteiger partial charge in [-0.15, -0.1) is 0 Å². The molecular formula is C50H79NO2. The first-order valence-electron chi connectivity index (χ1n) is 22.4. The second-order valence-corrected chi connectivity index (χ2v) is 16.6. The van der Waals surface area contributed by atoms with Crippen LogP contribution in [0.1, 0.15) is 177 Å². The van der Waals surface area contributed by atoms with Crippen LogP contribution in [-0.4, -0.2) is 24.0 Å². The monoisotopic (exact) mass is 726 g/mol. The van der Waals surface area contributed by atoms with Crippen LogP contribution in [0.15, 0.2) is 54.3 Å². The van der Waals surface area contributed by atoms with Crippen molar-refractivity contribution in [2.75, 3.05) is 18.0 Å². The van der Waals surface area contributed by atoms with Crippen LogP contribution in [0.5, 0.6) is 0 Å². The SMILES string of the molecule is CCCCC(CC)CC(C=c1ccc(=C2C(=O)C(c3ccc(N(CC(CC)CCCC)CC(CC)CCCC)cc3)=C2O)cc1)CC(CC)CCCC. The number of unbranched alkanes of at least 4 members (excludes halogenated alkanes) is 4. The first-order valence-corrected chi connectivity index (χ1v) is 22.4. The molecule has 0 bridgehead atoms. The Labute approximate surface area is 326 Å². The number of carbonyl (C=O) groups excluding carboxylic acids is 1. The minimum Gasteiger partial charge on any atom is -0.506 e. The van der Waals surface area contributed by atoms with Gasteiger partial charge in [0.2, 0.25) is 5.78 Å². The van der Waals surface area contributed by atoms with Crippen molar-refractivity contribution in [3.05, 3.63) is 70.3 Å². The third kappa shape index (κ3) is 13.8. The lowest BCUT2D eigenvalue weighted by Gasteiger charge is -2.33. The van der Waals surface area contributed by atoms with Crippen LogP contribution in [0.3, 0.4) is 0 Å². The quantitative estimate of drug-likeness (QED) is 0.0997. The first-order chi connectivity index (χ1) is 25.8. The van der Waals surface area contributed by atoms with E-state index in [1.54, 1.807) is 0 Å². The van der Waals surface area contributed by atoms with E-state index in [9.17, 15) is 9.90 Å². The third-order valence-corrected chi connectivity index (χ3v) is 12.5. The van der Waals surface area contributed by atoms with Crippen LogP contribution >= 0.6 is 0 Å². The Balaban J connectivity index is 1.87. The van der Waals surface area contributed by atoms with E-state index in [2.05, 4.69) is 103 Å². The molecule has 0 amide bonds. The summed E-state index contributed by atoms with van der Waals surface area (Å²) in [6, 6.07) is 16.9. The zero-order valence-corrected chi connectivity index (χ0v) is 35.5. The third-order valence-electron chi connectivity index (χ3n) is 12.5. The van der Waals surface area contributed by atoms with Crippen LogP contribution in [0.4, 0.5) is 5.69 Å². The van der Waals surface area contributed by atoms with Crippen molar-refractivity contribution in [2.24, 2.45) is 29.6 Å². The molecule has 0 spiro atoms. The summed E-state index contributed by atoms with van der Waals surface area (Å²) in [5.41, 5.74) is 2.94. The summed E-state index contributed by atoms with van der Waals surface area (Å²) in [4.78, 5) is 16.2. The summed E-state index contributed by atoms with van der Waals surface area (Å²) in [6.45, 7) is 20.7. The number of aliphatic hydroxyl groups is 1. The predicted octanol–water partition coefficient (Wildman–Crippen LogP) is 13.2. The first kappa shape index (κ1) is 44.6. The van der Waals surface area contributed by atoms with Crippen molar-refractivity contribution in [2.45, 2.75) is 171 Å². The lowest BCUT2D eigenvalue weighted by molar-refractivity contribution is -0.109. The summed E-state index contributed by atoms with van der Waals surface area (Å²) in [5.74, 6) is 3.56. The number of hydrogen-bond donors (Lipinski definition) is 1. The van der Waals surface area contributed by atoms with E-state index in [0.717, 1.165) is 35.7 Å². The van der Waals surface area contributed by atoms with Gasteiger partial charge in [0, 0.05) is 18.8 Å². The van der Waals surface area contributed by atoms with Crippen LogP contribution in [-0.2, 0) is 4.79 Å². The van der Waals surface area contributed by atoms with Gasteiger partial charge in [0.25, 0.3) is 0 Å². The number of ketones is 1. The molecule has 1 N–H and O–H groups in total. The highest BCUT2D eigenvalue weighted by molar-refractivity contribution is 6.51. The van der Waals surface area contributed by atoms with Crippen molar-refractivity contribution in [3.8, 4) is 0 Å². The van der Waals surface area contributed by atoms with Crippen LogP contribution in [0, 0.1) is 29.6 Å². The van der Waals surface area contributed by atoms with Gasteiger partial charge in [0.1, 0.15) is 5.76 Å². The van der Waals surface area contributed by atoms with Crippen molar-refractivity contribution < 1.29 is 9.90 Å². The predicted molar refractivity (Wildman–Crippen MR) is 233 cm³/mol. The van der Waals surface area contributed by atoms with E-state index in [1.165, 1.54) is 126 Å². The minimum absolute atomic E-state index is 0.0543. The number of hydrogen-bond acceptors (Lipinski definition) is 3. The highest BCUT2D eigenvalue weighted by Gasteiger charge is 2.35. The van der Waals surface area contributed by atoms with Crippen molar-refractivity contribution in [1.82, 2.24) is 0 Å². The Morgan fingerprint density at radius 2 is 1.00 bits per heavy atom. The van der Waals surface area contributed by atoms with Gasteiger partial charge in [-0.3, -0.25) is 4.79 Å². The standard InChI is InChI=1S/C50H79NO2/c1-9-17-21-38(13-5)33-43(34-39(14-6)22-18-10-2)35-42-25-27-44(28-26-42)47-49(52)48(50(47)53)45-29-31-46(32-30-45)51(36-40(15-7)23-19-11-3)37-41(16-8)24-20-12-4/h25-32,35,38-41,43,52H,9-24,33-34,36-37H2,1-8H3. The molecule has 0 fully saturated rings. The molecule has 0 saturated heterocycles. The highest BCUT2D eigenvalue weighted by atomic mass is 16.3. The zero-order valence-electron chi connectivity index (χ0n) is 35.5. The van der Waals surface area contributed by atoms with Gasteiger partial charge < -0.3 is 10.0 Å². The second-order valence-electron chi connectivity index (χ2n) is 16.6. The minimum atomic E-state index is -0.0543. The second kappa shape index (κ2) is 24.6. The molecule has 3 heteroatoms. The van der Waals surface area contributed by atoms with Gasteiger partial charge in [-0.2, -0.15) is 0 Å². The number of anilines is 1. The average Bonchev–Trinajstić information content (AvgIpc) is 3.18. The molecule has 0 aromatic heterocycles. The molecule has 0 radical (unpaired) electrons. The van der Waals surface area contributed by atoms with Crippen LogP contribution in [0.2, 0.25) is 0 Å². The molecule has 2 aromatic rings. The summed E-state index contributed by atoms with van der Waals surface area (Å²) in [7, 11) is 0. The fourth-order valence-corrected chi connectivity index (χ4v) is 8.60. The zero-order chi connectivity index (χ0) is 38.6. The van der Waals surface area contributed by atoms with Crippen LogP contribution < -0.4 is 15.3 Å². The van der Waals surface area contributed by atoms with Gasteiger partial charge in [-0.05, 0) is 83.4 Å². The molecule has 0 heterocycles. The molecule has 4 unspecified atom stereocenters. The largest absolute Gasteiger partial charge is 0.506 e. The number of benzene rings is 2. The summed E-state index contributed by atoms with van der Waals surface area (Å²) in [6.07, 6.45) is 25.3. The molecule has 53 heavy (non-hydrogen) atoms. The topological polar surface area (TPSA) is 40.5 Å². The van der Waals surface area contributed by atoms with Gasteiger partial charge in [-0.25, -0.2) is 0 Å². The molecule has 0 aliphatic heterocycles. The summed E-state index contributed by atoms with van der Waals surface area (Å²) >= 11 is 0. The van der Waals surface area contributed by atoms with Gasteiger partial charge in [-0.1, -0.05) is 188 Å². The maximum Gasteiger partial charge on any atom is 0.201 e. The fourth-order valence-electron chi connectivity index (χ4n) is 8.60. The molecule has 2 aromatic carbocycles. The molecular weight excluding hydrogens is 647 g/mol. The smallest absolute Gasteiger partial charge is 0.201 e. The number of Topliss-reactive ketones (excluding diaryl/α,β-unsaturated/α-hetero) is 1. The highest BCUT2D eigenvalue weighted by Crippen LogP contribution is 2.37.